The summed E-state index contributed by atoms with van der Waals surface area (Å²) in [5, 5.41) is 15.2. The first-order chi connectivity index (χ1) is 15.1. The van der Waals surface area contributed by atoms with E-state index >= 15 is 0 Å². The van der Waals surface area contributed by atoms with E-state index in [1.54, 1.807) is 11.3 Å². The van der Waals surface area contributed by atoms with Gasteiger partial charge in [-0.05, 0) is 77.1 Å². The predicted octanol–water partition coefficient (Wildman–Crippen LogP) is 6.04. The van der Waals surface area contributed by atoms with Crippen molar-refractivity contribution in [3.05, 3.63) is 94.4 Å². The Morgan fingerprint density at radius 3 is 2.55 bits per heavy atom. The summed E-state index contributed by atoms with van der Waals surface area (Å²) >= 11 is 1.61. The number of aliphatic hydroxyl groups excluding tert-OH is 1. The molecule has 0 atom stereocenters. The van der Waals surface area contributed by atoms with Crippen molar-refractivity contribution in [3.8, 4) is 10.4 Å². The lowest BCUT2D eigenvalue weighted by molar-refractivity contribution is 0.0930. The number of amides is 1. The summed E-state index contributed by atoms with van der Waals surface area (Å²) in [6.45, 7) is 2.14. The number of benzene rings is 3. The maximum Gasteiger partial charge on any atom is 0.252 e. The SMILES string of the molecule is CCc1ccccc1C(=O)NC1(c2cc(-c3ccc(CO)s3)cc3ccccc23)CC1. The molecule has 1 saturated carbocycles. The number of nitrogens with one attached hydrogen (secondary N) is 1. The molecule has 2 N–H and O–H groups in total. The summed E-state index contributed by atoms with van der Waals surface area (Å²) in [5.41, 5.74) is 3.83. The number of carbonyl (C=O) groups excluding carboxylic acids is 1. The fourth-order valence-electron chi connectivity index (χ4n) is 4.39. The molecule has 0 bridgehead atoms. The van der Waals surface area contributed by atoms with Crippen LogP contribution in [0.4, 0.5) is 0 Å². The van der Waals surface area contributed by atoms with Gasteiger partial charge in [-0.15, -0.1) is 11.3 Å². The molecule has 0 unspecified atom stereocenters. The Hall–Kier alpha value is -2.95. The molecule has 0 aliphatic heterocycles. The number of fused-ring (bicyclic) bond motifs is 1. The minimum atomic E-state index is -0.329. The zero-order chi connectivity index (χ0) is 21.4. The molecule has 1 amide bonds. The van der Waals surface area contributed by atoms with Gasteiger partial charge in [-0.1, -0.05) is 49.4 Å². The van der Waals surface area contributed by atoms with Crippen LogP contribution in [0.3, 0.4) is 0 Å². The van der Waals surface area contributed by atoms with E-state index in [4.69, 9.17) is 0 Å². The molecular weight excluding hydrogens is 402 g/mol. The van der Waals surface area contributed by atoms with E-state index in [0.717, 1.165) is 45.7 Å². The third-order valence-electron chi connectivity index (χ3n) is 6.23. The number of thiophene rings is 1. The van der Waals surface area contributed by atoms with E-state index in [2.05, 4.69) is 54.7 Å². The fourth-order valence-corrected chi connectivity index (χ4v) is 5.24. The topological polar surface area (TPSA) is 49.3 Å². The minimum absolute atomic E-state index is 0.00289. The van der Waals surface area contributed by atoms with Gasteiger partial charge in [0.05, 0.1) is 12.1 Å². The largest absolute Gasteiger partial charge is 0.391 e. The Labute approximate surface area is 186 Å². The maximum atomic E-state index is 13.2. The predicted molar refractivity (Wildman–Crippen MR) is 127 cm³/mol. The van der Waals surface area contributed by atoms with Gasteiger partial charge in [0.1, 0.15) is 0 Å². The lowest BCUT2D eigenvalue weighted by Gasteiger charge is -2.22. The van der Waals surface area contributed by atoms with Gasteiger partial charge < -0.3 is 10.4 Å². The number of hydrogen-bond donors (Lipinski definition) is 2. The van der Waals surface area contributed by atoms with Gasteiger partial charge in [0.25, 0.3) is 5.91 Å². The van der Waals surface area contributed by atoms with Gasteiger partial charge >= 0.3 is 0 Å². The highest BCUT2D eigenvalue weighted by Gasteiger charge is 2.47. The van der Waals surface area contributed by atoms with Crippen LogP contribution in [0.1, 0.15) is 46.1 Å². The van der Waals surface area contributed by atoms with Crippen LogP contribution >= 0.6 is 11.3 Å². The normalized spacial score (nSPS) is 14.5. The van der Waals surface area contributed by atoms with Gasteiger partial charge in [-0.2, -0.15) is 0 Å². The van der Waals surface area contributed by atoms with E-state index in [1.165, 1.54) is 16.3 Å². The average molecular weight is 428 g/mol. The van der Waals surface area contributed by atoms with Gasteiger partial charge in [0, 0.05) is 15.3 Å². The Kier molecular flexibility index (Phi) is 5.12. The average Bonchev–Trinajstić information content (AvgIpc) is 3.42. The van der Waals surface area contributed by atoms with Crippen molar-refractivity contribution in [2.24, 2.45) is 0 Å². The van der Waals surface area contributed by atoms with Crippen molar-refractivity contribution < 1.29 is 9.90 Å². The number of hydrogen-bond acceptors (Lipinski definition) is 3. The Morgan fingerprint density at radius 2 is 1.81 bits per heavy atom. The van der Waals surface area contributed by atoms with E-state index in [0.29, 0.717) is 0 Å². The number of rotatable bonds is 6. The summed E-state index contributed by atoms with van der Waals surface area (Å²) in [6.07, 6.45) is 2.71. The molecule has 0 radical (unpaired) electrons. The van der Waals surface area contributed by atoms with E-state index in [9.17, 15) is 9.90 Å². The molecule has 1 aromatic heterocycles. The lowest BCUT2D eigenvalue weighted by Crippen LogP contribution is -2.35. The second kappa shape index (κ2) is 7.95. The maximum absolute atomic E-state index is 13.2. The Morgan fingerprint density at radius 1 is 1.03 bits per heavy atom. The van der Waals surface area contributed by atoms with Crippen LogP contribution in [0, 0.1) is 0 Å². The summed E-state index contributed by atoms with van der Waals surface area (Å²) in [6, 6.07) is 24.7. The third-order valence-corrected chi connectivity index (χ3v) is 7.34. The minimum Gasteiger partial charge on any atom is -0.391 e. The molecule has 3 nitrogen and oxygen atoms in total. The molecule has 1 heterocycles. The van der Waals surface area contributed by atoms with E-state index < -0.39 is 0 Å². The summed E-state index contributed by atoms with van der Waals surface area (Å²) < 4.78 is 0. The van der Waals surface area contributed by atoms with Crippen molar-refractivity contribution >= 4 is 28.0 Å². The highest BCUT2D eigenvalue weighted by Crippen LogP contribution is 2.49. The van der Waals surface area contributed by atoms with Gasteiger partial charge in [0.15, 0.2) is 0 Å². The van der Waals surface area contributed by atoms with Crippen molar-refractivity contribution in [2.45, 2.75) is 38.3 Å². The first kappa shape index (κ1) is 20.0. The summed E-state index contributed by atoms with van der Waals surface area (Å²) in [7, 11) is 0. The van der Waals surface area contributed by atoms with Crippen LogP contribution in [0.15, 0.2) is 72.8 Å². The van der Waals surface area contributed by atoms with E-state index in [1.807, 2.05) is 30.3 Å². The molecule has 4 heteroatoms. The Bertz CT molecular complexity index is 1270. The molecule has 3 aromatic carbocycles. The van der Waals surface area contributed by atoms with E-state index in [-0.39, 0.29) is 18.1 Å². The molecule has 1 aliphatic carbocycles. The molecule has 0 spiro atoms. The molecular formula is C27H25NO2S. The first-order valence-electron chi connectivity index (χ1n) is 10.8. The highest BCUT2D eigenvalue weighted by atomic mass is 32.1. The third kappa shape index (κ3) is 3.67. The Balaban J connectivity index is 1.58. The fraction of sp³-hybridized carbons (Fsp3) is 0.222. The molecule has 31 heavy (non-hydrogen) atoms. The van der Waals surface area contributed by atoms with Gasteiger partial charge in [-0.3, -0.25) is 4.79 Å². The van der Waals surface area contributed by atoms with Crippen LogP contribution in [-0.2, 0) is 18.6 Å². The molecule has 0 saturated heterocycles. The molecule has 5 rings (SSSR count). The molecule has 4 aromatic rings. The van der Waals surface area contributed by atoms with Gasteiger partial charge in [-0.25, -0.2) is 0 Å². The van der Waals surface area contributed by atoms with Gasteiger partial charge in [0.2, 0.25) is 0 Å². The van der Waals surface area contributed by atoms with Crippen molar-refractivity contribution in [2.75, 3.05) is 0 Å². The number of aliphatic hydroxyl groups is 1. The quantitative estimate of drug-likeness (QED) is 0.394. The summed E-state index contributed by atoms with van der Waals surface area (Å²) in [4.78, 5) is 15.3. The lowest BCUT2D eigenvalue weighted by atomic mass is 9.93. The zero-order valence-corrected chi connectivity index (χ0v) is 18.3. The van der Waals surface area contributed by atoms with Crippen molar-refractivity contribution in [3.63, 3.8) is 0 Å². The standard InChI is InChI=1S/C27H25NO2S/c1-2-18-7-3-6-10-23(18)26(30)28-27(13-14-27)24-16-20(25-12-11-21(17-29)31-25)15-19-8-4-5-9-22(19)24/h3-12,15-16,29H,2,13-14,17H2,1H3,(H,28,30). The molecule has 1 aliphatic rings. The zero-order valence-electron chi connectivity index (χ0n) is 17.5. The highest BCUT2D eigenvalue weighted by molar-refractivity contribution is 7.15. The molecule has 1 fully saturated rings. The summed E-state index contributed by atoms with van der Waals surface area (Å²) in [5.74, 6) is 0.00289. The smallest absolute Gasteiger partial charge is 0.252 e. The second-order valence-electron chi connectivity index (χ2n) is 8.22. The van der Waals surface area contributed by atoms with Crippen LogP contribution in [0.25, 0.3) is 21.2 Å². The molecule has 156 valence electrons. The monoisotopic (exact) mass is 427 g/mol. The van der Waals surface area contributed by atoms with Crippen LogP contribution in [0.2, 0.25) is 0 Å². The van der Waals surface area contributed by atoms with Crippen molar-refractivity contribution in [1.29, 1.82) is 0 Å². The number of carbonyl (C=O) groups is 1. The second-order valence-corrected chi connectivity index (χ2v) is 9.38. The first-order valence-corrected chi connectivity index (χ1v) is 11.6. The van der Waals surface area contributed by atoms with Crippen LogP contribution < -0.4 is 5.32 Å². The van der Waals surface area contributed by atoms with Crippen molar-refractivity contribution in [1.82, 2.24) is 5.32 Å². The van der Waals surface area contributed by atoms with Crippen LogP contribution in [0.5, 0.6) is 0 Å². The van der Waals surface area contributed by atoms with Crippen LogP contribution in [-0.4, -0.2) is 11.0 Å². The number of aryl methyl sites for hydroxylation is 1.